The molecule has 0 fully saturated rings. The monoisotopic (exact) mass is 449 g/mol. The van der Waals surface area contributed by atoms with Crippen molar-refractivity contribution < 1.29 is 13.5 Å². The molecule has 4 aromatic carbocycles. The number of rotatable bonds is 7. The van der Waals surface area contributed by atoms with Crippen LogP contribution in [0, 0.1) is 0 Å². The van der Waals surface area contributed by atoms with E-state index in [9.17, 15) is 8.78 Å². The minimum absolute atomic E-state index is 0.178. The Labute approximate surface area is 190 Å². The van der Waals surface area contributed by atoms with Crippen molar-refractivity contribution in [2.45, 2.75) is 26.6 Å². The third-order valence-electron chi connectivity index (χ3n) is 5.16. The van der Waals surface area contributed by atoms with Crippen LogP contribution in [0.25, 0.3) is 0 Å². The molecule has 0 spiro atoms. The molecule has 0 aliphatic heterocycles. The van der Waals surface area contributed by atoms with E-state index in [2.05, 4.69) is 77.5 Å². The second kappa shape index (κ2) is 11.5. The molecule has 0 radical (unpaired) electrons. The first-order valence-corrected chi connectivity index (χ1v) is 12.7. The molecule has 0 atom stereocenters. The van der Waals surface area contributed by atoms with E-state index in [-0.39, 0.29) is 5.75 Å². The molecule has 32 heavy (non-hydrogen) atoms. The second-order valence-electron chi connectivity index (χ2n) is 7.00. The lowest BCUT2D eigenvalue weighted by molar-refractivity contribution is -0.0498. The minimum Gasteiger partial charge on any atom is -0.435 e. The Kier molecular flexibility index (Phi) is 8.53. The van der Waals surface area contributed by atoms with E-state index in [1.165, 1.54) is 15.9 Å². The van der Waals surface area contributed by atoms with Gasteiger partial charge in [0.1, 0.15) is 28.9 Å². The van der Waals surface area contributed by atoms with E-state index in [0.717, 1.165) is 11.7 Å². The van der Waals surface area contributed by atoms with Crippen molar-refractivity contribution in [1.82, 2.24) is 0 Å². The predicted molar refractivity (Wildman–Crippen MR) is 133 cm³/mol. The molecule has 0 bridgehead atoms. The van der Waals surface area contributed by atoms with Crippen LogP contribution in [-0.4, -0.2) is 6.61 Å². The topological polar surface area (TPSA) is 9.23 Å². The Morgan fingerprint density at radius 1 is 0.594 bits per heavy atom. The summed E-state index contributed by atoms with van der Waals surface area (Å²) in [6, 6.07) is 38.8. The zero-order valence-corrected chi connectivity index (χ0v) is 19.3. The minimum atomic E-state index is -2.82. The van der Waals surface area contributed by atoms with E-state index < -0.39 is 13.9 Å². The zero-order valence-electron chi connectivity index (χ0n) is 18.4. The Hall–Kier alpha value is -3.03. The van der Waals surface area contributed by atoms with E-state index in [4.69, 9.17) is 0 Å². The summed E-state index contributed by atoms with van der Waals surface area (Å²) in [5.74, 6) is 0.178. The van der Waals surface area contributed by atoms with Crippen molar-refractivity contribution in [2.24, 2.45) is 0 Å². The average Bonchev–Trinajstić information content (AvgIpc) is 2.86. The standard InChI is InChI=1S/C26H22F2OP.C2H6/c27-26(28)29-22-18-16-21(17-19-22)20-30(23-10-4-1-5-11-23,24-12-6-2-7-13-24)25-14-8-3-9-15-25;1-2/h1-19,26H,20H2;1-2H3/q+1;. The fraction of sp³-hybridized carbons (Fsp3) is 0.143. The van der Waals surface area contributed by atoms with Gasteiger partial charge in [-0.05, 0) is 54.1 Å². The van der Waals surface area contributed by atoms with E-state index in [1.807, 2.05) is 44.2 Å². The summed E-state index contributed by atoms with van der Waals surface area (Å²) in [5.41, 5.74) is 1.08. The lowest BCUT2D eigenvalue weighted by atomic mass is 10.2. The quantitative estimate of drug-likeness (QED) is 0.282. The Bertz CT molecular complexity index is 956. The summed E-state index contributed by atoms with van der Waals surface area (Å²) in [6.07, 6.45) is 0.792. The van der Waals surface area contributed by atoms with Crippen LogP contribution in [0.1, 0.15) is 19.4 Å². The molecule has 4 rings (SSSR count). The number of alkyl halides is 2. The van der Waals surface area contributed by atoms with Gasteiger partial charge >= 0.3 is 6.61 Å². The first-order valence-electron chi connectivity index (χ1n) is 10.8. The van der Waals surface area contributed by atoms with Crippen molar-refractivity contribution in [3.8, 4) is 5.75 Å². The lowest BCUT2D eigenvalue weighted by Crippen LogP contribution is -2.32. The van der Waals surface area contributed by atoms with E-state index >= 15 is 0 Å². The Morgan fingerprint density at radius 2 is 0.969 bits per heavy atom. The highest BCUT2D eigenvalue weighted by Crippen LogP contribution is 2.58. The second-order valence-corrected chi connectivity index (χ2v) is 10.5. The molecule has 0 aliphatic rings. The summed E-state index contributed by atoms with van der Waals surface area (Å²) < 4.78 is 29.6. The normalized spacial score (nSPS) is 10.9. The Morgan fingerprint density at radius 3 is 1.31 bits per heavy atom. The van der Waals surface area contributed by atoms with Crippen molar-refractivity contribution >= 4 is 23.2 Å². The molecule has 4 heteroatoms. The number of hydrogen-bond acceptors (Lipinski definition) is 1. The summed E-state index contributed by atoms with van der Waals surface area (Å²) in [7, 11) is -2.01. The van der Waals surface area contributed by atoms with Crippen LogP contribution >= 0.6 is 7.26 Å². The highest BCUT2D eigenvalue weighted by atomic mass is 31.2. The fourth-order valence-electron chi connectivity index (χ4n) is 3.82. The SMILES string of the molecule is CC.FC(F)Oc1ccc(C[P+](c2ccccc2)(c2ccccc2)c2ccccc2)cc1. The van der Waals surface area contributed by atoms with Gasteiger partial charge in [-0.1, -0.05) is 80.6 Å². The first kappa shape index (κ1) is 23.6. The van der Waals surface area contributed by atoms with Crippen LogP contribution in [0.4, 0.5) is 8.78 Å². The molecular formula is C28H28F2OP+. The van der Waals surface area contributed by atoms with Crippen molar-refractivity contribution in [2.75, 3.05) is 0 Å². The van der Waals surface area contributed by atoms with Gasteiger partial charge in [-0.2, -0.15) is 8.78 Å². The largest absolute Gasteiger partial charge is 0.435 e. The van der Waals surface area contributed by atoms with Gasteiger partial charge in [-0.3, -0.25) is 0 Å². The van der Waals surface area contributed by atoms with Gasteiger partial charge in [0.2, 0.25) is 0 Å². The maximum absolute atomic E-state index is 12.5. The molecule has 0 N–H and O–H groups in total. The van der Waals surface area contributed by atoms with Gasteiger partial charge in [0, 0.05) is 0 Å². The molecule has 0 amide bonds. The molecule has 0 saturated heterocycles. The van der Waals surface area contributed by atoms with Crippen LogP contribution in [0.15, 0.2) is 115 Å². The Balaban J connectivity index is 0.00000141. The van der Waals surface area contributed by atoms with Crippen LogP contribution in [0.5, 0.6) is 5.75 Å². The highest BCUT2D eigenvalue weighted by Gasteiger charge is 2.45. The van der Waals surface area contributed by atoms with Gasteiger partial charge in [0.25, 0.3) is 0 Å². The molecule has 0 aliphatic carbocycles. The smallest absolute Gasteiger partial charge is 0.387 e. The highest BCUT2D eigenvalue weighted by molar-refractivity contribution is 7.95. The summed E-state index contributed by atoms with van der Waals surface area (Å²) in [4.78, 5) is 0. The van der Waals surface area contributed by atoms with Crippen molar-refractivity contribution in [1.29, 1.82) is 0 Å². The average molecular weight is 450 g/mol. The van der Waals surface area contributed by atoms with Crippen molar-refractivity contribution in [3.05, 3.63) is 121 Å². The van der Waals surface area contributed by atoms with Crippen LogP contribution < -0.4 is 20.7 Å². The number of hydrogen-bond donors (Lipinski definition) is 0. The number of halogens is 2. The van der Waals surface area contributed by atoms with Gasteiger partial charge < -0.3 is 4.74 Å². The predicted octanol–water partition coefficient (Wildman–Crippen LogP) is 6.81. The van der Waals surface area contributed by atoms with Gasteiger partial charge in [0.05, 0.1) is 6.16 Å². The maximum Gasteiger partial charge on any atom is 0.387 e. The fourth-order valence-corrected chi connectivity index (χ4v) is 8.06. The van der Waals surface area contributed by atoms with Crippen LogP contribution in [-0.2, 0) is 6.16 Å². The van der Waals surface area contributed by atoms with Gasteiger partial charge in [-0.15, -0.1) is 0 Å². The molecule has 0 heterocycles. The molecule has 0 aromatic heterocycles. The summed E-state index contributed by atoms with van der Waals surface area (Å²) in [5, 5.41) is 3.86. The molecule has 4 aromatic rings. The van der Waals surface area contributed by atoms with Crippen LogP contribution in [0.2, 0.25) is 0 Å². The van der Waals surface area contributed by atoms with E-state index in [1.54, 1.807) is 12.1 Å². The molecule has 164 valence electrons. The molecule has 0 saturated carbocycles. The lowest BCUT2D eigenvalue weighted by Gasteiger charge is -2.28. The number of ether oxygens (including phenoxy) is 1. The third-order valence-corrected chi connectivity index (χ3v) is 9.54. The van der Waals surface area contributed by atoms with Crippen LogP contribution in [0.3, 0.4) is 0 Å². The summed E-state index contributed by atoms with van der Waals surface area (Å²) in [6.45, 7) is 1.18. The van der Waals surface area contributed by atoms with Gasteiger partial charge in [-0.25, -0.2) is 0 Å². The van der Waals surface area contributed by atoms with Gasteiger partial charge in [0.15, 0.2) is 0 Å². The van der Waals surface area contributed by atoms with E-state index in [0.29, 0.717) is 0 Å². The molecule has 0 unspecified atom stereocenters. The number of benzene rings is 4. The maximum atomic E-state index is 12.5. The molecular weight excluding hydrogens is 421 g/mol. The molecule has 1 nitrogen and oxygen atoms in total. The summed E-state index contributed by atoms with van der Waals surface area (Å²) >= 11 is 0. The van der Waals surface area contributed by atoms with Crippen molar-refractivity contribution in [3.63, 3.8) is 0 Å². The zero-order chi connectivity index (χ0) is 22.8. The third kappa shape index (κ3) is 5.41. The first-order chi connectivity index (χ1) is 15.7.